The summed E-state index contributed by atoms with van der Waals surface area (Å²) in [5.74, 6) is -0.0274. The minimum absolute atomic E-state index is 0.0114. The molecular weight excluding hydrogens is 206 g/mol. The highest BCUT2D eigenvalue weighted by Crippen LogP contribution is 2.09. The zero-order chi connectivity index (χ0) is 11.4. The van der Waals surface area contributed by atoms with Gasteiger partial charge in [0.25, 0.3) is 0 Å². The molecule has 5 heteroatoms. The molecule has 2 rings (SSSR count). The average Bonchev–Trinajstić information content (AvgIpc) is 2.54. The van der Waals surface area contributed by atoms with Crippen molar-refractivity contribution >= 4 is 11.8 Å². The van der Waals surface area contributed by atoms with Crippen molar-refractivity contribution in [2.75, 3.05) is 13.1 Å². The second kappa shape index (κ2) is 5.30. The van der Waals surface area contributed by atoms with Gasteiger partial charge in [-0.25, -0.2) is 0 Å². The van der Waals surface area contributed by atoms with Gasteiger partial charge in [-0.1, -0.05) is 0 Å². The Morgan fingerprint density at radius 1 is 1.25 bits per heavy atom. The Labute approximate surface area is 95.3 Å². The molecule has 0 spiro atoms. The van der Waals surface area contributed by atoms with Gasteiger partial charge >= 0.3 is 0 Å². The first-order valence-electron chi connectivity index (χ1n) is 6.06. The number of carbonyl (C=O) groups excluding carboxylic acids is 2. The van der Waals surface area contributed by atoms with E-state index in [2.05, 4.69) is 16.0 Å². The lowest BCUT2D eigenvalue weighted by Gasteiger charge is -2.18. The van der Waals surface area contributed by atoms with Gasteiger partial charge in [-0.15, -0.1) is 0 Å². The molecule has 0 aromatic carbocycles. The molecule has 3 N–H and O–H groups in total. The van der Waals surface area contributed by atoms with E-state index in [0.717, 1.165) is 32.4 Å². The topological polar surface area (TPSA) is 70.2 Å². The van der Waals surface area contributed by atoms with Crippen LogP contribution in [0.4, 0.5) is 0 Å². The van der Waals surface area contributed by atoms with Gasteiger partial charge in [0.05, 0.1) is 0 Å². The van der Waals surface area contributed by atoms with Gasteiger partial charge in [0.1, 0.15) is 6.04 Å². The van der Waals surface area contributed by atoms with Gasteiger partial charge in [0, 0.05) is 12.5 Å². The maximum Gasteiger partial charge on any atom is 0.242 e. The molecular formula is C11H19N3O2. The lowest BCUT2D eigenvalue weighted by Crippen LogP contribution is -2.46. The van der Waals surface area contributed by atoms with Crippen molar-refractivity contribution in [2.45, 2.75) is 44.2 Å². The molecule has 0 aromatic rings. The average molecular weight is 225 g/mol. The van der Waals surface area contributed by atoms with Crippen LogP contribution in [0.5, 0.6) is 0 Å². The minimum Gasteiger partial charge on any atom is -0.352 e. The van der Waals surface area contributed by atoms with Crippen LogP contribution in [0.15, 0.2) is 0 Å². The van der Waals surface area contributed by atoms with Crippen LogP contribution in [-0.4, -0.2) is 37.0 Å². The van der Waals surface area contributed by atoms with E-state index in [9.17, 15) is 9.59 Å². The van der Waals surface area contributed by atoms with Crippen molar-refractivity contribution in [3.05, 3.63) is 0 Å². The summed E-state index contributed by atoms with van der Waals surface area (Å²) < 4.78 is 0. The van der Waals surface area contributed by atoms with Crippen molar-refractivity contribution in [3.63, 3.8) is 0 Å². The fourth-order valence-corrected chi connectivity index (χ4v) is 2.28. The van der Waals surface area contributed by atoms with E-state index >= 15 is 0 Å². The lowest BCUT2D eigenvalue weighted by atomic mass is 10.1. The summed E-state index contributed by atoms with van der Waals surface area (Å²) in [6, 6.07) is -0.0382. The summed E-state index contributed by atoms with van der Waals surface area (Å²) in [6.45, 7) is 1.99. The van der Waals surface area contributed by atoms with Crippen LogP contribution in [-0.2, 0) is 9.59 Å². The van der Waals surface area contributed by atoms with Gasteiger partial charge in [-0.2, -0.15) is 0 Å². The van der Waals surface area contributed by atoms with Crippen LogP contribution in [0.25, 0.3) is 0 Å². The predicted octanol–water partition coefficient (Wildman–Crippen LogP) is -0.477. The maximum atomic E-state index is 11.8. The molecule has 0 aliphatic carbocycles. The first kappa shape index (κ1) is 11.4. The highest BCUT2D eigenvalue weighted by atomic mass is 16.2. The fourth-order valence-electron chi connectivity index (χ4n) is 2.28. The zero-order valence-electron chi connectivity index (χ0n) is 9.42. The van der Waals surface area contributed by atoms with E-state index in [0.29, 0.717) is 12.8 Å². The molecule has 0 radical (unpaired) electrons. The molecule has 2 heterocycles. The SMILES string of the molecule is O=C1CC[C@H](C(=O)NC2CCCNCC2)N1. The molecule has 5 nitrogen and oxygen atoms in total. The van der Waals surface area contributed by atoms with E-state index < -0.39 is 0 Å². The molecule has 1 unspecified atom stereocenters. The Morgan fingerprint density at radius 2 is 2.12 bits per heavy atom. The molecule has 2 aliphatic rings. The monoisotopic (exact) mass is 225 g/mol. The Hall–Kier alpha value is -1.10. The Kier molecular flexibility index (Phi) is 3.77. The molecule has 2 saturated heterocycles. The number of rotatable bonds is 2. The summed E-state index contributed by atoms with van der Waals surface area (Å²) in [5, 5.41) is 9.03. The van der Waals surface area contributed by atoms with Crippen LogP contribution in [0.1, 0.15) is 32.1 Å². The summed E-state index contributed by atoms with van der Waals surface area (Å²) in [5.41, 5.74) is 0. The molecule has 2 fully saturated rings. The Bertz CT molecular complexity index is 272. The number of amides is 2. The maximum absolute atomic E-state index is 11.8. The van der Waals surface area contributed by atoms with Crippen molar-refractivity contribution in [1.29, 1.82) is 0 Å². The minimum atomic E-state index is -0.302. The lowest BCUT2D eigenvalue weighted by molar-refractivity contribution is -0.126. The van der Waals surface area contributed by atoms with E-state index in [1.54, 1.807) is 0 Å². The van der Waals surface area contributed by atoms with Crippen molar-refractivity contribution in [3.8, 4) is 0 Å². The van der Waals surface area contributed by atoms with Gasteiger partial charge < -0.3 is 16.0 Å². The van der Waals surface area contributed by atoms with Crippen LogP contribution < -0.4 is 16.0 Å². The van der Waals surface area contributed by atoms with E-state index in [1.807, 2.05) is 0 Å². The second-order valence-electron chi connectivity index (χ2n) is 4.55. The summed E-state index contributed by atoms with van der Waals surface area (Å²) in [4.78, 5) is 22.8. The number of carbonyl (C=O) groups is 2. The van der Waals surface area contributed by atoms with Crippen LogP contribution in [0, 0.1) is 0 Å². The van der Waals surface area contributed by atoms with Crippen LogP contribution in [0.3, 0.4) is 0 Å². The summed E-state index contributed by atoms with van der Waals surface area (Å²) in [6.07, 6.45) is 4.22. The van der Waals surface area contributed by atoms with Gasteiger partial charge in [-0.05, 0) is 38.8 Å². The predicted molar refractivity (Wildman–Crippen MR) is 59.8 cm³/mol. The van der Waals surface area contributed by atoms with Crippen molar-refractivity contribution < 1.29 is 9.59 Å². The molecule has 2 amide bonds. The van der Waals surface area contributed by atoms with E-state index in [1.165, 1.54) is 0 Å². The standard InChI is InChI=1S/C11H19N3O2/c15-10-4-3-9(14-10)11(16)13-8-2-1-6-12-7-5-8/h8-9,12H,1-7H2,(H,13,16)(H,14,15)/t8?,9-/m1/s1. The molecule has 2 aliphatic heterocycles. The van der Waals surface area contributed by atoms with Crippen LogP contribution >= 0.6 is 0 Å². The van der Waals surface area contributed by atoms with Gasteiger partial charge in [0.15, 0.2) is 0 Å². The fraction of sp³-hybridized carbons (Fsp3) is 0.818. The van der Waals surface area contributed by atoms with Crippen molar-refractivity contribution in [2.24, 2.45) is 0 Å². The van der Waals surface area contributed by atoms with Gasteiger partial charge in [-0.3, -0.25) is 9.59 Å². The van der Waals surface area contributed by atoms with Crippen molar-refractivity contribution in [1.82, 2.24) is 16.0 Å². The molecule has 2 atom stereocenters. The molecule has 90 valence electrons. The number of nitrogens with one attached hydrogen (secondary N) is 3. The third-order valence-corrected chi connectivity index (χ3v) is 3.23. The smallest absolute Gasteiger partial charge is 0.242 e. The Morgan fingerprint density at radius 3 is 2.88 bits per heavy atom. The number of hydrogen-bond acceptors (Lipinski definition) is 3. The third kappa shape index (κ3) is 2.95. The van der Waals surface area contributed by atoms with Gasteiger partial charge in [0.2, 0.25) is 11.8 Å². The largest absolute Gasteiger partial charge is 0.352 e. The zero-order valence-corrected chi connectivity index (χ0v) is 9.42. The highest BCUT2D eigenvalue weighted by Gasteiger charge is 2.28. The first-order valence-corrected chi connectivity index (χ1v) is 6.06. The summed E-state index contributed by atoms with van der Waals surface area (Å²) >= 11 is 0. The Balaban J connectivity index is 1.79. The molecule has 0 aromatic heterocycles. The molecule has 0 bridgehead atoms. The first-order chi connectivity index (χ1) is 7.75. The van der Waals surface area contributed by atoms with E-state index in [4.69, 9.17) is 0 Å². The van der Waals surface area contributed by atoms with E-state index in [-0.39, 0.29) is 23.9 Å². The molecule has 16 heavy (non-hydrogen) atoms. The normalized spacial score (nSPS) is 30.6. The summed E-state index contributed by atoms with van der Waals surface area (Å²) in [7, 11) is 0. The second-order valence-corrected chi connectivity index (χ2v) is 4.55. The third-order valence-electron chi connectivity index (χ3n) is 3.23. The van der Waals surface area contributed by atoms with Crippen LogP contribution in [0.2, 0.25) is 0 Å². The number of hydrogen-bond donors (Lipinski definition) is 3. The highest BCUT2D eigenvalue weighted by molar-refractivity contribution is 5.90. The molecule has 0 saturated carbocycles. The quantitative estimate of drug-likeness (QED) is 0.594.